The van der Waals surface area contributed by atoms with Crippen LogP contribution in [0.15, 0.2) is 54.6 Å². The number of nitrogens with one attached hydrogen (secondary N) is 1. The average molecular weight is 466 g/mol. The number of piperazine rings is 1. The van der Waals surface area contributed by atoms with Crippen LogP contribution in [0.1, 0.15) is 27.3 Å². The molecule has 0 bridgehead atoms. The molecule has 1 aromatic heterocycles. The van der Waals surface area contributed by atoms with Gasteiger partial charge in [0.15, 0.2) is 0 Å². The molecule has 2 amide bonds. The summed E-state index contributed by atoms with van der Waals surface area (Å²) in [6.45, 7) is 6.93. The molecule has 0 spiro atoms. The second-order valence-electron chi connectivity index (χ2n) is 8.18. The maximum atomic E-state index is 12.9. The molecule has 172 valence electrons. The lowest BCUT2D eigenvalue weighted by Gasteiger charge is -2.36. The van der Waals surface area contributed by atoms with Crippen molar-refractivity contribution in [2.24, 2.45) is 0 Å². The summed E-state index contributed by atoms with van der Waals surface area (Å²) in [6, 6.07) is 17.8. The van der Waals surface area contributed by atoms with E-state index in [-0.39, 0.29) is 18.4 Å². The van der Waals surface area contributed by atoms with E-state index in [4.69, 9.17) is 11.6 Å². The molecule has 0 unspecified atom stereocenters. The predicted molar refractivity (Wildman–Crippen MR) is 130 cm³/mol. The first kappa shape index (κ1) is 22.9. The topological polar surface area (TPSA) is 70.5 Å². The smallest absolute Gasteiger partial charge is 0.255 e. The number of carbonyl (C=O) groups excluding carboxylic acids is 2. The Morgan fingerprint density at radius 3 is 2.33 bits per heavy atom. The third-order valence-corrected chi connectivity index (χ3v) is 6.41. The van der Waals surface area contributed by atoms with Gasteiger partial charge in [-0.1, -0.05) is 48.0 Å². The first-order valence-corrected chi connectivity index (χ1v) is 11.4. The van der Waals surface area contributed by atoms with E-state index in [1.807, 2.05) is 49.4 Å². The molecular formula is C25H28ClN5O2. The fourth-order valence-corrected chi connectivity index (χ4v) is 4.37. The van der Waals surface area contributed by atoms with Gasteiger partial charge in [-0.15, -0.1) is 0 Å². The second-order valence-corrected chi connectivity index (χ2v) is 8.59. The van der Waals surface area contributed by atoms with Crippen molar-refractivity contribution in [1.82, 2.24) is 20.0 Å². The number of halogens is 1. The molecule has 2 aromatic carbocycles. The number of aromatic nitrogens is 2. The molecule has 1 aliphatic heterocycles. The second kappa shape index (κ2) is 10.1. The maximum absolute atomic E-state index is 12.9. The summed E-state index contributed by atoms with van der Waals surface area (Å²) in [7, 11) is 0. The summed E-state index contributed by atoms with van der Waals surface area (Å²) >= 11 is 6.27. The molecule has 33 heavy (non-hydrogen) atoms. The van der Waals surface area contributed by atoms with E-state index in [1.165, 1.54) is 0 Å². The van der Waals surface area contributed by atoms with Crippen molar-refractivity contribution >= 4 is 29.1 Å². The lowest BCUT2D eigenvalue weighted by atomic mass is 10.1. The van der Waals surface area contributed by atoms with Crippen LogP contribution in [0.25, 0.3) is 0 Å². The number of hydrogen-bond donors (Lipinski definition) is 1. The SMILES string of the molecule is Cc1nn(Cc2ccccc2Cl)c(C)c1C(=O)NCC(=O)N1CCN(c2ccccc2)CC1. The van der Waals surface area contributed by atoms with E-state index in [2.05, 4.69) is 27.4 Å². The zero-order chi connectivity index (χ0) is 23.4. The first-order valence-electron chi connectivity index (χ1n) is 11.1. The van der Waals surface area contributed by atoms with E-state index < -0.39 is 0 Å². The van der Waals surface area contributed by atoms with Gasteiger partial charge < -0.3 is 15.1 Å². The minimum Gasteiger partial charge on any atom is -0.368 e. The van der Waals surface area contributed by atoms with Crippen LogP contribution in [-0.4, -0.2) is 59.2 Å². The molecule has 0 saturated carbocycles. The quantitative estimate of drug-likeness (QED) is 0.606. The number of benzene rings is 2. The van der Waals surface area contributed by atoms with Crippen molar-refractivity contribution in [3.8, 4) is 0 Å². The molecule has 3 aromatic rings. The predicted octanol–water partition coefficient (Wildman–Crippen LogP) is 3.28. The molecular weight excluding hydrogens is 438 g/mol. The summed E-state index contributed by atoms with van der Waals surface area (Å²) < 4.78 is 1.77. The maximum Gasteiger partial charge on any atom is 0.255 e. The summed E-state index contributed by atoms with van der Waals surface area (Å²) in [5, 5.41) is 7.97. The van der Waals surface area contributed by atoms with Crippen molar-refractivity contribution < 1.29 is 9.59 Å². The van der Waals surface area contributed by atoms with Crippen LogP contribution in [0.3, 0.4) is 0 Å². The molecule has 8 heteroatoms. The van der Waals surface area contributed by atoms with E-state index in [9.17, 15) is 9.59 Å². The molecule has 1 N–H and O–H groups in total. The summed E-state index contributed by atoms with van der Waals surface area (Å²) in [6.07, 6.45) is 0. The molecule has 1 saturated heterocycles. The number of para-hydroxylation sites is 1. The standard InChI is InChI=1S/C25H28ClN5O2/c1-18-24(19(2)31(28-18)17-20-8-6-7-11-22(20)26)25(33)27-16-23(32)30-14-12-29(13-15-30)21-9-4-3-5-10-21/h3-11H,12-17H2,1-2H3,(H,27,33). The van der Waals surface area contributed by atoms with Crippen molar-refractivity contribution in [1.29, 1.82) is 0 Å². The molecule has 0 radical (unpaired) electrons. The average Bonchev–Trinajstić information content (AvgIpc) is 3.12. The van der Waals surface area contributed by atoms with Gasteiger partial charge in [-0.3, -0.25) is 14.3 Å². The zero-order valence-corrected chi connectivity index (χ0v) is 19.7. The number of nitrogens with zero attached hydrogens (tertiary/aromatic N) is 4. The lowest BCUT2D eigenvalue weighted by molar-refractivity contribution is -0.130. The third-order valence-electron chi connectivity index (χ3n) is 6.04. The highest BCUT2D eigenvalue weighted by Gasteiger charge is 2.23. The van der Waals surface area contributed by atoms with Crippen LogP contribution in [0.2, 0.25) is 5.02 Å². The molecule has 1 fully saturated rings. The Morgan fingerprint density at radius 1 is 0.970 bits per heavy atom. The fourth-order valence-electron chi connectivity index (χ4n) is 4.18. The molecule has 0 aliphatic carbocycles. The van der Waals surface area contributed by atoms with Crippen LogP contribution >= 0.6 is 11.6 Å². The van der Waals surface area contributed by atoms with E-state index in [0.29, 0.717) is 35.9 Å². The monoisotopic (exact) mass is 465 g/mol. The minimum absolute atomic E-state index is 0.0290. The lowest BCUT2D eigenvalue weighted by Crippen LogP contribution is -2.51. The van der Waals surface area contributed by atoms with Gasteiger partial charge in [0.2, 0.25) is 5.91 Å². The Balaban J connectivity index is 1.33. The van der Waals surface area contributed by atoms with Crippen LogP contribution in [-0.2, 0) is 11.3 Å². The van der Waals surface area contributed by atoms with Crippen molar-refractivity contribution in [3.05, 3.63) is 82.1 Å². The number of aryl methyl sites for hydroxylation is 1. The highest BCUT2D eigenvalue weighted by Crippen LogP contribution is 2.20. The number of hydrogen-bond acceptors (Lipinski definition) is 4. The molecule has 1 aliphatic rings. The van der Waals surface area contributed by atoms with Gasteiger partial charge in [0.1, 0.15) is 0 Å². The Kier molecular flexibility index (Phi) is 6.99. The van der Waals surface area contributed by atoms with Crippen molar-refractivity contribution in [2.45, 2.75) is 20.4 Å². The van der Waals surface area contributed by atoms with Gasteiger partial charge >= 0.3 is 0 Å². The summed E-state index contributed by atoms with van der Waals surface area (Å²) in [5.74, 6) is -0.360. The van der Waals surface area contributed by atoms with Gasteiger partial charge in [0.25, 0.3) is 5.91 Å². The van der Waals surface area contributed by atoms with Gasteiger partial charge in [0.05, 0.1) is 24.3 Å². The van der Waals surface area contributed by atoms with Gasteiger partial charge in [-0.25, -0.2) is 0 Å². The Hall–Kier alpha value is -3.32. The highest BCUT2D eigenvalue weighted by molar-refractivity contribution is 6.31. The minimum atomic E-state index is -0.285. The van der Waals surface area contributed by atoms with Crippen molar-refractivity contribution in [2.75, 3.05) is 37.6 Å². The molecule has 0 atom stereocenters. The van der Waals surface area contributed by atoms with E-state index in [0.717, 1.165) is 30.0 Å². The van der Waals surface area contributed by atoms with Gasteiger partial charge in [-0.2, -0.15) is 5.10 Å². The molecule has 7 nitrogen and oxygen atoms in total. The number of anilines is 1. The van der Waals surface area contributed by atoms with Gasteiger partial charge in [-0.05, 0) is 37.6 Å². The van der Waals surface area contributed by atoms with Crippen molar-refractivity contribution in [3.63, 3.8) is 0 Å². The molecule has 2 heterocycles. The third kappa shape index (κ3) is 5.20. The first-order chi connectivity index (χ1) is 15.9. The summed E-state index contributed by atoms with van der Waals surface area (Å²) in [5.41, 5.74) is 3.97. The van der Waals surface area contributed by atoms with Crippen LogP contribution in [0, 0.1) is 13.8 Å². The Morgan fingerprint density at radius 2 is 1.64 bits per heavy atom. The number of carbonyl (C=O) groups is 2. The summed E-state index contributed by atoms with van der Waals surface area (Å²) in [4.78, 5) is 29.6. The highest BCUT2D eigenvalue weighted by atomic mass is 35.5. The fraction of sp³-hybridized carbons (Fsp3) is 0.320. The Bertz CT molecular complexity index is 1140. The van der Waals surface area contributed by atoms with Crippen LogP contribution in [0.5, 0.6) is 0 Å². The molecule has 4 rings (SSSR count). The Labute approximate surface area is 198 Å². The van der Waals surface area contributed by atoms with Crippen LogP contribution in [0.4, 0.5) is 5.69 Å². The zero-order valence-electron chi connectivity index (χ0n) is 18.9. The largest absolute Gasteiger partial charge is 0.368 e. The number of rotatable bonds is 6. The van der Waals surface area contributed by atoms with Gasteiger partial charge in [0, 0.05) is 42.6 Å². The van der Waals surface area contributed by atoms with Crippen LogP contribution < -0.4 is 10.2 Å². The van der Waals surface area contributed by atoms with E-state index >= 15 is 0 Å². The normalized spacial score (nSPS) is 13.8. The van der Waals surface area contributed by atoms with E-state index in [1.54, 1.807) is 16.5 Å². The number of amides is 2.